The third-order valence-electron chi connectivity index (χ3n) is 2.56. The Labute approximate surface area is 97.3 Å². The Kier molecular flexibility index (Phi) is 3.68. The van der Waals surface area contributed by atoms with Crippen LogP contribution in [0.15, 0.2) is 12.1 Å². The lowest BCUT2D eigenvalue weighted by Gasteiger charge is -2.23. The zero-order valence-corrected chi connectivity index (χ0v) is 9.12. The van der Waals surface area contributed by atoms with Gasteiger partial charge in [0.15, 0.2) is 17.4 Å². The molecule has 1 atom stereocenters. The van der Waals surface area contributed by atoms with Crippen LogP contribution in [0.5, 0.6) is 5.75 Å². The number of rotatable bonds is 3. The average Bonchev–Trinajstić information content (AvgIpc) is 2.35. The molecular weight excluding hydrogens is 230 g/mol. The van der Waals surface area contributed by atoms with Gasteiger partial charge in [0, 0.05) is 12.2 Å². The van der Waals surface area contributed by atoms with Crippen molar-refractivity contribution >= 4 is 6.29 Å². The summed E-state index contributed by atoms with van der Waals surface area (Å²) in [6, 6.07) is 1.91. The van der Waals surface area contributed by atoms with Crippen molar-refractivity contribution in [1.82, 2.24) is 0 Å². The fraction of sp³-hybridized carbons (Fsp3) is 0.417. The van der Waals surface area contributed by atoms with E-state index in [-0.39, 0.29) is 11.7 Å². The quantitative estimate of drug-likeness (QED) is 0.763. The maximum Gasteiger partial charge on any atom is 0.191 e. The van der Waals surface area contributed by atoms with E-state index in [0.29, 0.717) is 25.9 Å². The molecule has 0 aliphatic carbocycles. The molecule has 1 aliphatic rings. The molecule has 1 heterocycles. The molecule has 1 fully saturated rings. The van der Waals surface area contributed by atoms with Crippen LogP contribution in [0.1, 0.15) is 23.2 Å². The van der Waals surface area contributed by atoms with Gasteiger partial charge in [0.25, 0.3) is 0 Å². The van der Waals surface area contributed by atoms with Crippen LogP contribution < -0.4 is 4.74 Å². The molecule has 0 amide bonds. The van der Waals surface area contributed by atoms with Gasteiger partial charge in [-0.15, -0.1) is 0 Å². The largest absolute Gasteiger partial charge is 0.482 e. The summed E-state index contributed by atoms with van der Waals surface area (Å²) in [6.07, 6.45) is 1.56. The van der Waals surface area contributed by atoms with E-state index in [2.05, 4.69) is 0 Å². The zero-order chi connectivity index (χ0) is 12.3. The molecule has 0 spiro atoms. The standard InChI is InChI=1S/C12H12F2O3/c13-10-4-8(6-15)5-11(14)12(10)17-9-2-1-3-16-7-9/h4-6,9H,1-3,7H2. The van der Waals surface area contributed by atoms with E-state index in [0.717, 1.165) is 18.6 Å². The van der Waals surface area contributed by atoms with Gasteiger partial charge in [-0.1, -0.05) is 0 Å². The van der Waals surface area contributed by atoms with Gasteiger partial charge in [-0.3, -0.25) is 4.79 Å². The molecule has 2 rings (SSSR count). The van der Waals surface area contributed by atoms with Gasteiger partial charge in [-0.05, 0) is 25.0 Å². The molecule has 5 heteroatoms. The normalized spacial score (nSPS) is 20.0. The molecule has 0 bridgehead atoms. The highest BCUT2D eigenvalue weighted by Gasteiger charge is 2.20. The fourth-order valence-electron chi connectivity index (χ4n) is 1.73. The monoisotopic (exact) mass is 242 g/mol. The van der Waals surface area contributed by atoms with Crippen LogP contribution in [0.2, 0.25) is 0 Å². The predicted octanol–water partition coefficient (Wildman–Crippen LogP) is 2.34. The van der Waals surface area contributed by atoms with Crippen LogP contribution in [-0.4, -0.2) is 25.6 Å². The molecule has 1 aliphatic heterocycles. The summed E-state index contributed by atoms with van der Waals surface area (Å²) in [4.78, 5) is 10.4. The highest BCUT2D eigenvalue weighted by Crippen LogP contribution is 2.25. The van der Waals surface area contributed by atoms with Crippen LogP contribution in [0, 0.1) is 11.6 Å². The minimum absolute atomic E-state index is 0.0488. The summed E-state index contributed by atoms with van der Waals surface area (Å²) in [7, 11) is 0. The van der Waals surface area contributed by atoms with E-state index >= 15 is 0 Å². The van der Waals surface area contributed by atoms with Crippen molar-refractivity contribution in [2.45, 2.75) is 18.9 Å². The molecule has 92 valence electrons. The van der Waals surface area contributed by atoms with Gasteiger partial charge < -0.3 is 9.47 Å². The van der Waals surface area contributed by atoms with Gasteiger partial charge in [0.05, 0.1) is 6.61 Å². The van der Waals surface area contributed by atoms with Gasteiger partial charge in [-0.2, -0.15) is 0 Å². The summed E-state index contributed by atoms with van der Waals surface area (Å²) >= 11 is 0. The second kappa shape index (κ2) is 5.23. The van der Waals surface area contributed by atoms with E-state index in [9.17, 15) is 13.6 Å². The summed E-state index contributed by atoms with van der Waals surface area (Å²) in [5.41, 5.74) is -0.0488. The highest BCUT2D eigenvalue weighted by molar-refractivity contribution is 5.75. The molecule has 1 aromatic carbocycles. The van der Waals surface area contributed by atoms with Gasteiger partial charge >= 0.3 is 0 Å². The van der Waals surface area contributed by atoms with Crippen molar-refractivity contribution in [3.8, 4) is 5.75 Å². The molecule has 3 nitrogen and oxygen atoms in total. The number of hydrogen-bond donors (Lipinski definition) is 0. The Morgan fingerprint density at radius 2 is 2.06 bits per heavy atom. The molecule has 1 aromatic rings. The highest BCUT2D eigenvalue weighted by atomic mass is 19.1. The zero-order valence-electron chi connectivity index (χ0n) is 9.12. The molecule has 0 N–H and O–H groups in total. The molecule has 0 saturated carbocycles. The molecular formula is C12H12F2O3. The fourth-order valence-corrected chi connectivity index (χ4v) is 1.73. The number of benzene rings is 1. The van der Waals surface area contributed by atoms with Crippen LogP contribution >= 0.6 is 0 Å². The van der Waals surface area contributed by atoms with E-state index in [1.54, 1.807) is 0 Å². The first kappa shape index (κ1) is 12.0. The van der Waals surface area contributed by atoms with Crippen molar-refractivity contribution < 1.29 is 23.0 Å². The Balaban J connectivity index is 2.17. The maximum atomic E-state index is 13.5. The summed E-state index contributed by atoms with van der Waals surface area (Å²) in [5, 5.41) is 0. The van der Waals surface area contributed by atoms with E-state index in [1.165, 1.54) is 0 Å². The van der Waals surface area contributed by atoms with Crippen molar-refractivity contribution in [1.29, 1.82) is 0 Å². The predicted molar refractivity (Wildman–Crippen MR) is 56.2 cm³/mol. The third kappa shape index (κ3) is 2.79. The van der Waals surface area contributed by atoms with E-state index in [1.807, 2.05) is 0 Å². The Hall–Kier alpha value is -1.49. The second-order valence-corrected chi connectivity index (χ2v) is 3.89. The Morgan fingerprint density at radius 1 is 1.35 bits per heavy atom. The van der Waals surface area contributed by atoms with Crippen LogP contribution in [0.4, 0.5) is 8.78 Å². The van der Waals surface area contributed by atoms with Crippen molar-refractivity contribution in [2.75, 3.05) is 13.2 Å². The second-order valence-electron chi connectivity index (χ2n) is 3.89. The number of carbonyl (C=O) groups excluding carboxylic acids is 1. The van der Waals surface area contributed by atoms with E-state index < -0.39 is 17.4 Å². The lowest BCUT2D eigenvalue weighted by Crippen LogP contribution is -2.28. The van der Waals surface area contributed by atoms with Gasteiger partial charge in [0.1, 0.15) is 12.4 Å². The Morgan fingerprint density at radius 3 is 2.59 bits per heavy atom. The number of carbonyl (C=O) groups is 1. The summed E-state index contributed by atoms with van der Waals surface area (Å²) < 4.78 is 37.4. The summed E-state index contributed by atoms with van der Waals surface area (Å²) in [5.74, 6) is -2.17. The Bertz CT molecular complexity index is 391. The lowest BCUT2D eigenvalue weighted by atomic mass is 10.1. The van der Waals surface area contributed by atoms with Crippen molar-refractivity contribution in [2.24, 2.45) is 0 Å². The molecule has 1 saturated heterocycles. The molecule has 0 radical (unpaired) electrons. The maximum absolute atomic E-state index is 13.5. The topological polar surface area (TPSA) is 35.5 Å². The SMILES string of the molecule is O=Cc1cc(F)c(OC2CCCOC2)c(F)c1. The van der Waals surface area contributed by atoms with Gasteiger partial charge in [0.2, 0.25) is 0 Å². The van der Waals surface area contributed by atoms with Crippen LogP contribution in [0.25, 0.3) is 0 Å². The number of aldehydes is 1. The molecule has 0 aromatic heterocycles. The summed E-state index contributed by atoms with van der Waals surface area (Å²) in [6.45, 7) is 0.975. The van der Waals surface area contributed by atoms with Crippen molar-refractivity contribution in [3.05, 3.63) is 29.3 Å². The van der Waals surface area contributed by atoms with Crippen LogP contribution in [-0.2, 0) is 4.74 Å². The average molecular weight is 242 g/mol. The van der Waals surface area contributed by atoms with Crippen molar-refractivity contribution in [3.63, 3.8) is 0 Å². The first-order chi connectivity index (χ1) is 8.20. The number of hydrogen-bond acceptors (Lipinski definition) is 3. The van der Waals surface area contributed by atoms with Gasteiger partial charge in [-0.25, -0.2) is 8.78 Å². The lowest BCUT2D eigenvalue weighted by molar-refractivity contribution is 0.00419. The minimum Gasteiger partial charge on any atom is -0.482 e. The first-order valence-corrected chi connectivity index (χ1v) is 5.39. The number of halogens is 2. The minimum atomic E-state index is -0.863. The third-order valence-corrected chi connectivity index (χ3v) is 2.56. The smallest absolute Gasteiger partial charge is 0.191 e. The first-order valence-electron chi connectivity index (χ1n) is 5.39. The molecule has 17 heavy (non-hydrogen) atoms. The number of ether oxygens (including phenoxy) is 2. The molecule has 1 unspecified atom stereocenters. The van der Waals surface area contributed by atoms with E-state index in [4.69, 9.17) is 9.47 Å². The van der Waals surface area contributed by atoms with Crippen LogP contribution in [0.3, 0.4) is 0 Å².